The highest BCUT2D eigenvalue weighted by Crippen LogP contribution is 2.34. The first-order valence-electron chi connectivity index (χ1n) is 9.84. The molecule has 5 rings (SSSR count). The first-order valence-corrected chi connectivity index (χ1v) is 9.84. The van der Waals surface area contributed by atoms with Gasteiger partial charge in [0.15, 0.2) is 0 Å². The zero-order valence-corrected chi connectivity index (χ0v) is 17.0. The average molecular weight is 409 g/mol. The van der Waals surface area contributed by atoms with Crippen molar-refractivity contribution in [1.29, 1.82) is 0 Å². The van der Waals surface area contributed by atoms with E-state index in [1.165, 1.54) is 6.20 Å². The van der Waals surface area contributed by atoms with Gasteiger partial charge in [-0.3, -0.25) is 9.78 Å². The van der Waals surface area contributed by atoms with Crippen LogP contribution in [-0.2, 0) is 0 Å². The van der Waals surface area contributed by atoms with Crippen LogP contribution in [0.2, 0.25) is 0 Å². The molecular weight excluding hydrogens is 390 g/mol. The number of aromatic nitrogens is 3. The summed E-state index contributed by atoms with van der Waals surface area (Å²) in [6.45, 7) is 2.00. The molecule has 0 aliphatic heterocycles. The van der Waals surface area contributed by atoms with Crippen LogP contribution in [0.3, 0.4) is 0 Å². The molecule has 6 nitrogen and oxygen atoms in total. The molecule has 31 heavy (non-hydrogen) atoms. The minimum absolute atomic E-state index is 0.389. The van der Waals surface area contributed by atoms with Crippen molar-refractivity contribution in [3.63, 3.8) is 0 Å². The lowest BCUT2D eigenvalue weighted by Crippen LogP contribution is -2.33. The maximum absolute atomic E-state index is 13.3. The van der Waals surface area contributed by atoms with E-state index in [2.05, 4.69) is 9.97 Å². The smallest absolute Gasteiger partial charge is 0.333 e. The second-order valence-corrected chi connectivity index (χ2v) is 7.36. The number of nitrogens with one attached hydrogen (secondary N) is 1. The Balaban J connectivity index is 1.77. The number of nitrogens with zero attached hydrogens (tertiary/aromatic N) is 2. The van der Waals surface area contributed by atoms with E-state index in [9.17, 15) is 9.59 Å². The molecule has 0 radical (unpaired) electrons. The monoisotopic (exact) mass is 409 g/mol. The van der Waals surface area contributed by atoms with Gasteiger partial charge >= 0.3 is 5.69 Å². The summed E-state index contributed by atoms with van der Waals surface area (Å²) in [7, 11) is 1.62. The van der Waals surface area contributed by atoms with E-state index in [1.807, 2.05) is 61.5 Å². The van der Waals surface area contributed by atoms with Crippen LogP contribution < -0.4 is 16.0 Å². The third-order valence-corrected chi connectivity index (χ3v) is 5.53. The van der Waals surface area contributed by atoms with E-state index in [0.717, 1.165) is 37.8 Å². The minimum Gasteiger partial charge on any atom is -0.496 e. The quantitative estimate of drug-likeness (QED) is 0.484. The van der Waals surface area contributed by atoms with Gasteiger partial charge < -0.3 is 9.72 Å². The van der Waals surface area contributed by atoms with Crippen LogP contribution in [0.25, 0.3) is 38.5 Å². The molecule has 1 N–H and O–H groups in total. The highest BCUT2D eigenvalue weighted by Gasteiger charge is 2.15. The highest BCUT2D eigenvalue weighted by atomic mass is 16.5. The topological polar surface area (TPSA) is 77.0 Å². The Morgan fingerprint density at radius 1 is 0.935 bits per heavy atom. The van der Waals surface area contributed by atoms with Crippen LogP contribution in [0.15, 0.2) is 82.6 Å². The predicted octanol–water partition coefficient (Wildman–Crippen LogP) is 4.21. The van der Waals surface area contributed by atoms with E-state index in [0.29, 0.717) is 16.6 Å². The van der Waals surface area contributed by atoms with Gasteiger partial charge in [-0.05, 0) is 36.2 Å². The van der Waals surface area contributed by atoms with Crippen molar-refractivity contribution in [2.24, 2.45) is 0 Å². The van der Waals surface area contributed by atoms with Gasteiger partial charge in [0, 0.05) is 22.5 Å². The Morgan fingerprint density at radius 2 is 1.77 bits per heavy atom. The zero-order chi connectivity index (χ0) is 21.5. The average Bonchev–Trinajstić information content (AvgIpc) is 2.78. The van der Waals surface area contributed by atoms with Gasteiger partial charge in [0.2, 0.25) is 0 Å². The first kappa shape index (κ1) is 18.8. The summed E-state index contributed by atoms with van der Waals surface area (Å²) in [4.78, 5) is 33.4. The fraction of sp³-hybridized carbons (Fsp3) is 0.0800. The zero-order valence-electron chi connectivity index (χ0n) is 17.0. The van der Waals surface area contributed by atoms with Crippen LogP contribution >= 0.6 is 0 Å². The summed E-state index contributed by atoms with van der Waals surface area (Å²) in [6, 6.07) is 18.8. The van der Waals surface area contributed by atoms with E-state index in [4.69, 9.17) is 4.74 Å². The Morgan fingerprint density at radius 3 is 2.61 bits per heavy atom. The van der Waals surface area contributed by atoms with Crippen molar-refractivity contribution < 1.29 is 4.74 Å². The van der Waals surface area contributed by atoms with E-state index in [1.54, 1.807) is 19.4 Å². The van der Waals surface area contributed by atoms with Gasteiger partial charge in [-0.1, -0.05) is 42.5 Å². The maximum atomic E-state index is 13.3. The molecule has 0 saturated carbocycles. The number of H-pyrrole nitrogens is 1. The van der Waals surface area contributed by atoms with Gasteiger partial charge in [-0.2, -0.15) is 0 Å². The molecule has 0 fully saturated rings. The number of fused-ring (bicyclic) bond motifs is 2. The lowest BCUT2D eigenvalue weighted by atomic mass is 9.98. The second-order valence-electron chi connectivity index (χ2n) is 7.36. The van der Waals surface area contributed by atoms with Gasteiger partial charge in [-0.25, -0.2) is 9.36 Å². The fourth-order valence-corrected chi connectivity index (χ4v) is 4.05. The standard InChI is InChI=1S/C25H19N3O3/c1-15-6-5-9-22(31-2)23(15)16-10-11-19-20(12-16)27-25(30)28(24(19)29)21-14-26-13-17-7-3-4-8-18(17)21/h3-14H,1-2H3,(H,27,30). The summed E-state index contributed by atoms with van der Waals surface area (Å²) < 4.78 is 6.66. The molecule has 5 aromatic rings. The number of aryl methyl sites for hydroxylation is 1. The third kappa shape index (κ3) is 3.00. The van der Waals surface area contributed by atoms with Crippen LogP contribution in [-0.4, -0.2) is 21.6 Å². The number of pyridine rings is 1. The number of hydrogen-bond acceptors (Lipinski definition) is 4. The molecule has 3 aromatic carbocycles. The van der Waals surface area contributed by atoms with Gasteiger partial charge in [0.05, 0.1) is 29.9 Å². The van der Waals surface area contributed by atoms with Crippen molar-refractivity contribution in [3.05, 3.63) is 99.5 Å². The summed E-state index contributed by atoms with van der Waals surface area (Å²) in [5.41, 5.74) is 2.86. The predicted molar refractivity (Wildman–Crippen MR) is 122 cm³/mol. The maximum Gasteiger partial charge on any atom is 0.333 e. The van der Waals surface area contributed by atoms with Crippen LogP contribution in [0.1, 0.15) is 5.56 Å². The lowest BCUT2D eigenvalue weighted by Gasteiger charge is -2.13. The van der Waals surface area contributed by atoms with Crippen molar-refractivity contribution in [1.82, 2.24) is 14.5 Å². The number of rotatable bonds is 3. The molecule has 0 aliphatic carbocycles. The third-order valence-electron chi connectivity index (χ3n) is 5.53. The largest absolute Gasteiger partial charge is 0.496 e. The molecule has 2 heterocycles. The van der Waals surface area contributed by atoms with E-state index >= 15 is 0 Å². The van der Waals surface area contributed by atoms with Gasteiger partial charge in [0.1, 0.15) is 5.75 Å². The van der Waals surface area contributed by atoms with Gasteiger partial charge in [0.25, 0.3) is 5.56 Å². The summed E-state index contributed by atoms with van der Waals surface area (Å²) in [5, 5.41) is 2.06. The number of ether oxygens (including phenoxy) is 1. The lowest BCUT2D eigenvalue weighted by molar-refractivity contribution is 0.416. The van der Waals surface area contributed by atoms with Crippen molar-refractivity contribution in [2.45, 2.75) is 6.92 Å². The molecule has 0 atom stereocenters. The van der Waals surface area contributed by atoms with E-state index < -0.39 is 5.69 Å². The number of hydrogen-bond donors (Lipinski definition) is 1. The Hall–Kier alpha value is -4.19. The minimum atomic E-state index is -0.510. The van der Waals surface area contributed by atoms with Crippen molar-refractivity contribution in [2.75, 3.05) is 7.11 Å². The number of benzene rings is 3. The normalized spacial score (nSPS) is 11.2. The Labute approximate surface area is 177 Å². The molecule has 0 bridgehead atoms. The SMILES string of the molecule is COc1cccc(C)c1-c1ccc2c(=O)n(-c3cncc4ccccc34)c(=O)[nH]c2c1. The molecule has 0 saturated heterocycles. The van der Waals surface area contributed by atoms with Crippen LogP contribution in [0.5, 0.6) is 5.75 Å². The summed E-state index contributed by atoms with van der Waals surface area (Å²) in [6.07, 6.45) is 3.25. The molecular formula is C25H19N3O3. The van der Waals surface area contributed by atoms with E-state index in [-0.39, 0.29) is 5.56 Å². The second kappa shape index (κ2) is 7.25. The molecule has 0 aliphatic rings. The molecule has 6 heteroatoms. The summed E-state index contributed by atoms with van der Waals surface area (Å²) in [5.74, 6) is 0.733. The van der Waals surface area contributed by atoms with Crippen molar-refractivity contribution >= 4 is 21.7 Å². The Kier molecular flexibility index (Phi) is 4.40. The molecule has 2 aromatic heterocycles. The first-order chi connectivity index (χ1) is 15.1. The van der Waals surface area contributed by atoms with Gasteiger partial charge in [-0.15, -0.1) is 0 Å². The Bertz CT molecular complexity index is 1580. The fourth-order valence-electron chi connectivity index (χ4n) is 4.05. The number of methoxy groups -OCH3 is 1. The molecule has 0 unspecified atom stereocenters. The molecule has 0 amide bonds. The molecule has 0 spiro atoms. The molecule has 152 valence electrons. The van der Waals surface area contributed by atoms with Crippen molar-refractivity contribution in [3.8, 4) is 22.6 Å². The van der Waals surface area contributed by atoms with Crippen LogP contribution in [0.4, 0.5) is 0 Å². The highest BCUT2D eigenvalue weighted by molar-refractivity contribution is 5.90. The summed E-state index contributed by atoms with van der Waals surface area (Å²) >= 11 is 0. The van der Waals surface area contributed by atoms with Crippen LogP contribution in [0, 0.1) is 6.92 Å². The number of aromatic amines is 1.